The Kier molecular flexibility index (Phi) is 7.67. The first-order valence-electron chi connectivity index (χ1n) is 10.8. The van der Waals surface area contributed by atoms with Crippen LogP contribution in [0.3, 0.4) is 0 Å². The van der Waals surface area contributed by atoms with Gasteiger partial charge in [0.1, 0.15) is 12.4 Å². The highest BCUT2D eigenvalue weighted by Gasteiger charge is 2.12. The molecular formula is C24H30N2O3S. The van der Waals surface area contributed by atoms with Crippen molar-refractivity contribution in [3.63, 3.8) is 0 Å². The Bertz CT molecular complexity index is 852. The van der Waals surface area contributed by atoms with Gasteiger partial charge in [-0.05, 0) is 60.2 Å². The fraction of sp³-hybridized carbons (Fsp3) is 0.458. The number of ether oxygens (including phenoxy) is 2. The number of aryl methyl sites for hydroxylation is 2. The van der Waals surface area contributed by atoms with Gasteiger partial charge in [-0.15, -0.1) is 11.8 Å². The zero-order chi connectivity index (χ0) is 20.6. The quantitative estimate of drug-likeness (QED) is 0.624. The fourth-order valence-electron chi connectivity index (χ4n) is 3.90. The molecule has 4 rings (SSSR count). The smallest absolute Gasteiger partial charge is 0.230 e. The molecule has 0 saturated carbocycles. The number of fused-ring (bicyclic) bond motifs is 1. The number of benzene rings is 2. The van der Waals surface area contributed by atoms with Crippen molar-refractivity contribution in [2.45, 2.75) is 30.7 Å². The molecule has 1 N–H and O–H groups in total. The number of hydrogen-bond donors (Lipinski definition) is 1. The normalized spacial score (nSPS) is 16.3. The topological polar surface area (TPSA) is 50.8 Å². The highest BCUT2D eigenvalue weighted by molar-refractivity contribution is 8.00. The van der Waals surface area contributed by atoms with Crippen LogP contribution >= 0.6 is 11.8 Å². The van der Waals surface area contributed by atoms with Crippen molar-refractivity contribution in [2.24, 2.45) is 0 Å². The van der Waals surface area contributed by atoms with Crippen LogP contribution in [0.2, 0.25) is 0 Å². The zero-order valence-corrected chi connectivity index (χ0v) is 18.2. The van der Waals surface area contributed by atoms with Gasteiger partial charge in [0.25, 0.3) is 0 Å². The van der Waals surface area contributed by atoms with Crippen molar-refractivity contribution in [3.8, 4) is 5.75 Å². The Labute approximate surface area is 183 Å². The van der Waals surface area contributed by atoms with Gasteiger partial charge in [-0.2, -0.15) is 0 Å². The summed E-state index contributed by atoms with van der Waals surface area (Å²) in [7, 11) is 0. The Balaban J connectivity index is 1.17. The van der Waals surface area contributed by atoms with Gasteiger partial charge >= 0.3 is 0 Å². The molecule has 1 saturated heterocycles. The molecule has 2 aromatic rings. The van der Waals surface area contributed by atoms with Gasteiger partial charge in [0.2, 0.25) is 5.91 Å². The van der Waals surface area contributed by atoms with Gasteiger partial charge in [0, 0.05) is 31.1 Å². The fourth-order valence-corrected chi connectivity index (χ4v) is 4.69. The second-order valence-corrected chi connectivity index (χ2v) is 8.85. The van der Waals surface area contributed by atoms with E-state index in [4.69, 9.17) is 9.47 Å². The monoisotopic (exact) mass is 426 g/mol. The van der Waals surface area contributed by atoms with Crippen molar-refractivity contribution >= 4 is 17.7 Å². The third-order valence-electron chi connectivity index (χ3n) is 5.61. The van der Waals surface area contributed by atoms with E-state index < -0.39 is 0 Å². The number of amides is 1. The van der Waals surface area contributed by atoms with Crippen molar-refractivity contribution in [2.75, 3.05) is 45.2 Å². The molecule has 2 aliphatic rings. The summed E-state index contributed by atoms with van der Waals surface area (Å²) in [4.78, 5) is 15.8. The predicted molar refractivity (Wildman–Crippen MR) is 120 cm³/mol. The van der Waals surface area contributed by atoms with E-state index in [1.165, 1.54) is 35.3 Å². The lowest BCUT2D eigenvalue weighted by Crippen LogP contribution is -2.38. The van der Waals surface area contributed by atoms with Crippen LogP contribution in [0, 0.1) is 0 Å². The maximum absolute atomic E-state index is 12.3. The van der Waals surface area contributed by atoms with Gasteiger partial charge in [0.05, 0.1) is 19.0 Å². The summed E-state index contributed by atoms with van der Waals surface area (Å²) in [6.07, 6.45) is 3.61. The number of carbonyl (C=O) groups excluding carboxylic acids is 1. The van der Waals surface area contributed by atoms with Crippen LogP contribution in [-0.4, -0.2) is 56.0 Å². The van der Waals surface area contributed by atoms with Crippen LogP contribution in [0.5, 0.6) is 5.75 Å². The summed E-state index contributed by atoms with van der Waals surface area (Å²) in [5.74, 6) is 1.34. The Hall–Kier alpha value is -2.02. The summed E-state index contributed by atoms with van der Waals surface area (Å²) in [6.45, 7) is 5.64. The van der Waals surface area contributed by atoms with E-state index in [2.05, 4.69) is 28.4 Å². The van der Waals surface area contributed by atoms with Crippen LogP contribution < -0.4 is 10.1 Å². The van der Waals surface area contributed by atoms with Crippen molar-refractivity contribution in [3.05, 3.63) is 59.2 Å². The molecule has 0 aromatic heterocycles. The van der Waals surface area contributed by atoms with E-state index >= 15 is 0 Å². The summed E-state index contributed by atoms with van der Waals surface area (Å²) in [5.41, 5.74) is 3.97. The highest BCUT2D eigenvalue weighted by Crippen LogP contribution is 2.27. The second-order valence-electron chi connectivity index (χ2n) is 7.80. The molecule has 0 radical (unpaired) electrons. The maximum atomic E-state index is 12.3. The lowest BCUT2D eigenvalue weighted by atomic mass is 10.1. The summed E-state index contributed by atoms with van der Waals surface area (Å²) in [5, 5.41) is 3.02. The molecule has 30 heavy (non-hydrogen) atoms. The first-order valence-corrected chi connectivity index (χ1v) is 11.8. The maximum Gasteiger partial charge on any atom is 0.230 e. The third-order valence-corrected chi connectivity index (χ3v) is 6.60. The number of thioether (sulfide) groups is 1. The number of hydrogen-bond acceptors (Lipinski definition) is 5. The molecule has 2 aromatic carbocycles. The summed E-state index contributed by atoms with van der Waals surface area (Å²) >= 11 is 1.61. The molecule has 5 nitrogen and oxygen atoms in total. The average molecular weight is 427 g/mol. The van der Waals surface area contributed by atoms with Gasteiger partial charge in [0.15, 0.2) is 0 Å². The van der Waals surface area contributed by atoms with Crippen LogP contribution in [0.4, 0.5) is 0 Å². The molecule has 1 aliphatic heterocycles. The number of morpholine rings is 1. The molecular weight excluding hydrogens is 396 g/mol. The molecule has 1 fully saturated rings. The van der Waals surface area contributed by atoms with Crippen molar-refractivity contribution in [1.82, 2.24) is 10.2 Å². The molecule has 6 heteroatoms. The average Bonchev–Trinajstić information content (AvgIpc) is 3.25. The molecule has 0 spiro atoms. The second kappa shape index (κ2) is 10.8. The van der Waals surface area contributed by atoms with E-state index in [-0.39, 0.29) is 5.91 Å². The summed E-state index contributed by atoms with van der Waals surface area (Å²) in [6, 6.07) is 14.6. The number of nitrogens with one attached hydrogen (secondary N) is 1. The van der Waals surface area contributed by atoms with Gasteiger partial charge in [-0.25, -0.2) is 0 Å². The summed E-state index contributed by atoms with van der Waals surface area (Å²) < 4.78 is 11.3. The molecule has 1 heterocycles. The lowest BCUT2D eigenvalue weighted by Gasteiger charge is -2.26. The third kappa shape index (κ3) is 6.24. The van der Waals surface area contributed by atoms with E-state index in [1.54, 1.807) is 11.8 Å². The van der Waals surface area contributed by atoms with E-state index in [0.29, 0.717) is 18.9 Å². The molecule has 0 bridgehead atoms. The van der Waals surface area contributed by atoms with Gasteiger partial charge in [-0.3, -0.25) is 9.69 Å². The van der Waals surface area contributed by atoms with Crippen LogP contribution in [0.1, 0.15) is 23.1 Å². The lowest BCUT2D eigenvalue weighted by molar-refractivity contribution is -0.118. The number of rotatable bonds is 9. The van der Waals surface area contributed by atoms with E-state index in [9.17, 15) is 4.79 Å². The van der Waals surface area contributed by atoms with E-state index in [0.717, 1.165) is 44.2 Å². The van der Waals surface area contributed by atoms with Crippen LogP contribution in [-0.2, 0) is 28.9 Å². The molecule has 1 amide bonds. The molecule has 1 aliphatic carbocycles. The SMILES string of the molecule is O=C(CSc1ccc2c(c1)CCC2)NCc1cccc(OCCN2CCOCC2)c1. The minimum atomic E-state index is 0.0548. The Morgan fingerprint density at radius 1 is 1.10 bits per heavy atom. The number of carbonyl (C=O) groups is 1. The molecule has 0 atom stereocenters. The largest absolute Gasteiger partial charge is 0.492 e. The Morgan fingerprint density at radius 3 is 2.87 bits per heavy atom. The van der Waals surface area contributed by atoms with Gasteiger partial charge < -0.3 is 14.8 Å². The molecule has 160 valence electrons. The number of nitrogens with zero attached hydrogens (tertiary/aromatic N) is 1. The van der Waals surface area contributed by atoms with Crippen molar-refractivity contribution in [1.29, 1.82) is 0 Å². The first kappa shape index (κ1) is 21.2. The van der Waals surface area contributed by atoms with Gasteiger partial charge in [-0.1, -0.05) is 18.2 Å². The van der Waals surface area contributed by atoms with Crippen LogP contribution in [0.25, 0.3) is 0 Å². The zero-order valence-electron chi connectivity index (χ0n) is 17.4. The molecule has 0 unspecified atom stereocenters. The highest BCUT2D eigenvalue weighted by atomic mass is 32.2. The van der Waals surface area contributed by atoms with Crippen LogP contribution in [0.15, 0.2) is 47.4 Å². The standard InChI is InChI=1S/C24H30N2O3S/c27-24(18-30-23-8-7-20-4-2-5-21(20)16-23)25-17-19-3-1-6-22(15-19)29-14-11-26-9-12-28-13-10-26/h1,3,6-8,15-16H,2,4-5,9-14,17-18H2,(H,25,27). The van der Waals surface area contributed by atoms with Crippen molar-refractivity contribution < 1.29 is 14.3 Å². The van der Waals surface area contributed by atoms with E-state index in [1.807, 2.05) is 24.3 Å². The minimum absolute atomic E-state index is 0.0548. The predicted octanol–water partition coefficient (Wildman–Crippen LogP) is 3.29. The minimum Gasteiger partial charge on any atom is -0.492 e. The first-order chi connectivity index (χ1) is 14.8. The Morgan fingerprint density at radius 2 is 1.97 bits per heavy atom.